The first-order chi connectivity index (χ1) is 17.5. The number of rotatable bonds is 10. The van der Waals surface area contributed by atoms with E-state index in [1.54, 1.807) is 29.2 Å². The van der Waals surface area contributed by atoms with Crippen LogP contribution in [0.4, 0.5) is 4.39 Å². The summed E-state index contributed by atoms with van der Waals surface area (Å²) in [4.78, 5) is 28.8. The minimum atomic E-state index is -0.746. The monoisotopic (exact) mass is 560 g/mol. The van der Waals surface area contributed by atoms with Gasteiger partial charge in [-0.2, -0.15) is 0 Å². The maximum absolute atomic E-state index is 13.6. The second-order valence-electron chi connectivity index (χ2n) is 9.83. The highest BCUT2D eigenvalue weighted by atomic mass is 35.5. The summed E-state index contributed by atoms with van der Waals surface area (Å²) in [6.07, 6.45) is 0.354. The minimum Gasteiger partial charge on any atom is -0.350 e. The van der Waals surface area contributed by atoms with Crippen LogP contribution in [-0.2, 0) is 28.3 Å². The van der Waals surface area contributed by atoms with Gasteiger partial charge in [0.05, 0.1) is 15.8 Å². The molecule has 1 atom stereocenters. The maximum atomic E-state index is 13.6. The number of hydrogen-bond donors (Lipinski definition) is 1. The van der Waals surface area contributed by atoms with Crippen molar-refractivity contribution in [3.05, 3.63) is 105 Å². The molecule has 0 aliphatic rings. The first kappa shape index (κ1) is 29.0. The van der Waals surface area contributed by atoms with Crippen molar-refractivity contribution >= 4 is 46.8 Å². The lowest BCUT2D eigenvalue weighted by Crippen LogP contribution is -2.54. The highest BCUT2D eigenvalue weighted by Crippen LogP contribution is 2.25. The van der Waals surface area contributed by atoms with Gasteiger partial charge in [-0.1, -0.05) is 71.7 Å². The Kier molecular flexibility index (Phi) is 10.4. The molecule has 3 rings (SSSR count). The van der Waals surface area contributed by atoms with Crippen LogP contribution in [0.5, 0.6) is 0 Å². The number of benzene rings is 3. The van der Waals surface area contributed by atoms with Crippen LogP contribution in [0.25, 0.3) is 0 Å². The van der Waals surface area contributed by atoms with Gasteiger partial charge in [0.15, 0.2) is 0 Å². The Labute approximate surface area is 232 Å². The fourth-order valence-corrected chi connectivity index (χ4v) is 4.94. The molecule has 0 aliphatic carbocycles. The SMILES string of the molecule is CC(C)(C)NC(=O)[C@H](Cc1ccccc1)N(Cc1ccc(F)cc1)C(=O)CSCc1ccc(Cl)c(Cl)c1. The highest BCUT2D eigenvalue weighted by Gasteiger charge is 2.32. The van der Waals surface area contributed by atoms with Gasteiger partial charge in [-0.15, -0.1) is 11.8 Å². The van der Waals surface area contributed by atoms with Gasteiger partial charge in [-0.05, 0) is 61.7 Å². The Hall–Kier alpha value is -2.54. The van der Waals surface area contributed by atoms with Crippen molar-refractivity contribution in [2.75, 3.05) is 5.75 Å². The van der Waals surface area contributed by atoms with Gasteiger partial charge in [0, 0.05) is 24.3 Å². The number of hydrogen-bond acceptors (Lipinski definition) is 3. The van der Waals surface area contributed by atoms with Crippen molar-refractivity contribution in [3.8, 4) is 0 Å². The first-order valence-corrected chi connectivity index (χ1v) is 13.8. The second-order valence-corrected chi connectivity index (χ2v) is 11.6. The molecule has 4 nitrogen and oxygen atoms in total. The Morgan fingerprint density at radius 2 is 1.57 bits per heavy atom. The number of amides is 2. The third-order valence-electron chi connectivity index (χ3n) is 5.51. The average Bonchev–Trinajstić information content (AvgIpc) is 2.84. The summed E-state index contributed by atoms with van der Waals surface area (Å²) in [5.41, 5.74) is 2.16. The van der Waals surface area contributed by atoms with E-state index in [-0.39, 0.29) is 29.9 Å². The highest BCUT2D eigenvalue weighted by molar-refractivity contribution is 7.99. The van der Waals surface area contributed by atoms with Crippen LogP contribution in [-0.4, -0.2) is 34.0 Å². The molecule has 37 heavy (non-hydrogen) atoms. The normalized spacial score (nSPS) is 12.2. The molecule has 3 aromatic carbocycles. The van der Waals surface area contributed by atoms with Crippen LogP contribution < -0.4 is 5.32 Å². The Morgan fingerprint density at radius 1 is 0.919 bits per heavy atom. The van der Waals surface area contributed by atoms with Crippen LogP contribution >= 0.6 is 35.0 Å². The zero-order valence-electron chi connectivity index (χ0n) is 21.1. The molecule has 3 aromatic rings. The molecule has 0 aromatic heterocycles. The van der Waals surface area contributed by atoms with Gasteiger partial charge in [0.25, 0.3) is 0 Å². The molecule has 0 unspecified atom stereocenters. The van der Waals surface area contributed by atoms with E-state index < -0.39 is 11.6 Å². The molecule has 0 fully saturated rings. The first-order valence-electron chi connectivity index (χ1n) is 11.9. The summed E-state index contributed by atoms with van der Waals surface area (Å²) >= 11 is 13.6. The Bertz CT molecular complexity index is 1200. The molecule has 0 saturated heterocycles. The number of nitrogens with zero attached hydrogens (tertiary/aromatic N) is 1. The number of carbonyl (C=O) groups is 2. The summed E-state index contributed by atoms with van der Waals surface area (Å²) in [6, 6.07) is 20.3. The fourth-order valence-electron chi connectivity index (χ4n) is 3.76. The molecular formula is C29H31Cl2FN2O2S. The van der Waals surface area contributed by atoms with Gasteiger partial charge in [0.2, 0.25) is 11.8 Å². The third kappa shape index (κ3) is 9.37. The largest absolute Gasteiger partial charge is 0.350 e. The molecular weight excluding hydrogens is 530 g/mol. The van der Waals surface area contributed by atoms with E-state index in [0.29, 0.717) is 22.2 Å². The van der Waals surface area contributed by atoms with Crippen molar-refractivity contribution in [1.82, 2.24) is 10.2 Å². The van der Waals surface area contributed by atoms with E-state index in [0.717, 1.165) is 16.7 Å². The molecule has 1 N–H and O–H groups in total. The molecule has 0 radical (unpaired) electrons. The smallest absolute Gasteiger partial charge is 0.243 e. The molecule has 0 spiro atoms. The lowest BCUT2D eigenvalue weighted by Gasteiger charge is -2.34. The van der Waals surface area contributed by atoms with Gasteiger partial charge in [-0.3, -0.25) is 9.59 Å². The van der Waals surface area contributed by atoms with Gasteiger partial charge >= 0.3 is 0 Å². The van der Waals surface area contributed by atoms with Crippen LogP contribution in [0.3, 0.4) is 0 Å². The number of carbonyl (C=O) groups excluding carboxylic acids is 2. The van der Waals surface area contributed by atoms with Gasteiger partial charge in [-0.25, -0.2) is 4.39 Å². The quantitative estimate of drug-likeness (QED) is 0.292. The molecule has 0 saturated carbocycles. The maximum Gasteiger partial charge on any atom is 0.243 e. The number of thioether (sulfide) groups is 1. The topological polar surface area (TPSA) is 49.4 Å². The summed E-state index contributed by atoms with van der Waals surface area (Å²) in [6.45, 7) is 5.90. The average molecular weight is 562 g/mol. The standard InChI is InChI=1S/C29H31Cl2FN2O2S/c1-29(2,3)33-28(36)26(16-20-7-5-4-6-8-20)34(17-21-9-12-23(32)13-10-21)27(35)19-37-18-22-11-14-24(30)25(31)15-22/h4-15,26H,16-19H2,1-3H3,(H,33,36)/t26-/m0/s1. The van der Waals surface area contributed by atoms with E-state index in [1.165, 1.54) is 23.9 Å². The van der Waals surface area contributed by atoms with E-state index in [4.69, 9.17) is 23.2 Å². The lowest BCUT2D eigenvalue weighted by molar-refractivity contribution is -0.140. The van der Waals surface area contributed by atoms with Crippen molar-refractivity contribution in [2.45, 2.75) is 51.1 Å². The van der Waals surface area contributed by atoms with E-state index >= 15 is 0 Å². The minimum absolute atomic E-state index is 0.162. The van der Waals surface area contributed by atoms with Crippen LogP contribution in [0.2, 0.25) is 10.0 Å². The van der Waals surface area contributed by atoms with Crippen molar-refractivity contribution < 1.29 is 14.0 Å². The van der Waals surface area contributed by atoms with E-state index in [2.05, 4.69) is 5.32 Å². The summed E-state index contributed by atoms with van der Waals surface area (Å²) in [7, 11) is 0. The molecule has 0 aliphatic heterocycles. The molecule has 0 heterocycles. The predicted octanol–water partition coefficient (Wildman–Crippen LogP) is 6.92. The Morgan fingerprint density at radius 3 is 2.19 bits per heavy atom. The summed E-state index contributed by atoms with van der Waals surface area (Å²) < 4.78 is 13.6. The number of halogens is 3. The van der Waals surface area contributed by atoms with E-state index in [9.17, 15) is 14.0 Å². The molecule has 8 heteroatoms. The van der Waals surface area contributed by atoms with Crippen molar-refractivity contribution in [1.29, 1.82) is 0 Å². The van der Waals surface area contributed by atoms with Crippen LogP contribution in [0.1, 0.15) is 37.5 Å². The van der Waals surface area contributed by atoms with Crippen LogP contribution in [0.15, 0.2) is 72.8 Å². The zero-order chi connectivity index (χ0) is 27.0. The van der Waals surface area contributed by atoms with Gasteiger partial charge in [0.1, 0.15) is 11.9 Å². The third-order valence-corrected chi connectivity index (χ3v) is 7.24. The molecule has 0 bridgehead atoms. The Balaban J connectivity index is 1.86. The molecule has 2 amide bonds. The second kappa shape index (κ2) is 13.3. The molecule has 196 valence electrons. The fraction of sp³-hybridized carbons (Fsp3) is 0.310. The van der Waals surface area contributed by atoms with Crippen molar-refractivity contribution in [2.24, 2.45) is 0 Å². The van der Waals surface area contributed by atoms with E-state index in [1.807, 2.05) is 57.2 Å². The zero-order valence-corrected chi connectivity index (χ0v) is 23.5. The number of nitrogens with one attached hydrogen (secondary N) is 1. The van der Waals surface area contributed by atoms with Crippen molar-refractivity contribution in [3.63, 3.8) is 0 Å². The van der Waals surface area contributed by atoms with Crippen LogP contribution in [0, 0.1) is 5.82 Å². The summed E-state index contributed by atoms with van der Waals surface area (Å²) in [5.74, 6) is -0.0501. The predicted molar refractivity (Wildman–Crippen MR) is 151 cm³/mol. The van der Waals surface area contributed by atoms with Gasteiger partial charge < -0.3 is 10.2 Å². The lowest BCUT2D eigenvalue weighted by atomic mass is 10.0. The summed E-state index contributed by atoms with van der Waals surface area (Å²) in [5, 5.41) is 3.98.